The number of aromatic amines is 1. The van der Waals surface area contributed by atoms with Crippen molar-refractivity contribution in [1.29, 1.82) is 0 Å². The van der Waals surface area contributed by atoms with Crippen LogP contribution in [0, 0.1) is 0 Å². The molecule has 0 unspecified atom stereocenters. The highest BCUT2D eigenvalue weighted by atomic mass is 16.5. The van der Waals surface area contributed by atoms with E-state index in [2.05, 4.69) is 10.1 Å². The summed E-state index contributed by atoms with van der Waals surface area (Å²) in [7, 11) is 1.63. The lowest BCUT2D eigenvalue weighted by Crippen LogP contribution is -2.31. The maximum Gasteiger partial charge on any atom is 0.331 e. The molecule has 92 valence electrons. The minimum atomic E-state index is -0.566. The lowest BCUT2D eigenvalue weighted by Gasteiger charge is -2.08. The first-order chi connectivity index (χ1) is 8.15. The molecule has 0 aliphatic heterocycles. The van der Waals surface area contributed by atoms with Crippen LogP contribution in [0.4, 0.5) is 0 Å². The van der Waals surface area contributed by atoms with Gasteiger partial charge < -0.3 is 9.84 Å². The number of aliphatic hydroxyl groups is 1. The van der Waals surface area contributed by atoms with Crippen molar-refractivity contribution >= 4 is 11.0 Å². The highest BCUT2D eigenvalue weighted by Crippen LogP contribution is 2.04. The van der Waals surface area contributed by atoms with Crippen molar-refractivity contribution in [2.45, 2.75) is 6.73 Å². The predicted octanol–water partition coefficient (Wildman–Crippen LogP) is -1.61. The molecule has 0 spiro atoms. The van der Waals surface area contributed by atoms with Gasteiger partial charge >= 0.3 is 5.69 Å². The van der Waals surface area contributed by atoms with E-state index in [4.69, 9.17) is 9.84 Å². The van der Waals surface area contributed by atoms with Gasteiger partial charge in [0.05, 0.1) is 19.4 Å². The average molecular weight is 240 g/mol. The van der Waals surface area contributed by atoms with Crippen LogP contribution >= 0.6 is 0 Å². The van der Waals surface area contributed by atoms with Crippen LogP contribution in [0.1, 0.15) is 0 Å². The Hall–Kier alpha value is -1.93. The molecule has 2 aromatic heterocycles. The number of ether oxygens (including phenoxy) is 1. The first kappa shape index (κ1) is 11.6. The lowest BCUT2D eigenvalue weighted by molar-refractivity contribution is 0.0475. The molecule has 0 saturated heterocycles. The molecule has 0 atom stereocenters. The van der Waals surface area contributed by atoms with Crippen molar-refractivity contribution in [2.24, 2.45) is 7.05 Å². The Kier molecular flexibility index (Phi) is 3.07. The zero-order valence-corrected chi connectivity index (χ0v) is 9.21. The van der Waals surface area contributed by atoms with Crippen LogP contribution < -0.4 is 11.2 Å². The summed E-state index contributed by atoms with van der Waals surface area (Å²) in [4.78, 5) is 25.3. The molecule has 2 rings (SSSR count). The van der Waals surface area contributed by atoms with E-state index in [0.29, 0.717) is 11.0 Å². The monoisotopic (exact) mass is 240 g/mol. The summed E-state index contributed by atoms with van der Waals surface area (Å²) in [6, 6.07) is 0. The fourth-order valence-electron chi connectivity index (χ4n) is 1.58. The lowest BCUT2D eigenvalue weighted by atomic mass is 10.4. The van der Waals surface area contributed by atoms with Crippen LogP contribution in [0.25, 0.3) is 11.0 Å². The van der Waals surface area contributed by atoms with E-state index in [1.807, 2.05) is 0 Å². The standard InChI is InChI=1S/C9H12N4O4/c1-12-8-6(4-10-12)7(15)11-9(16)13(8)5-17-3-2-14/h4,14H,2-3,5H2,1H3,(H,11,15,16). The van der Waals surface area contributed by atoms with Gasteiger partial charge in [-0.3, -0.25) is 19.0 Å². The van der Waals surface area contributed by atoms with Gasteiger partial charge in [-0.25, -0.2) is 4.79 Å². The molecule has 0 aliphatic carbocycles. The summed E-state index contributed by atoms with van der Waals surface area (Å²) in [6.07, 6.45) is 1.39. The Morgan fingerprint density at radius 3 is 3.00 bits per heavy atom. The number of rotatable bonds is 4. The summed E-state index contributed by atoms with van der Waals surface area (Å²) in [5.74, 6) is 0. The van der Waals surface area contributed by atoms with E-state index >= 15 is 0 Å². The van der Waals surface area contributed by atoms with Gasteiger partial charge in [0.2, 0.25) is 0 Å². The summed E-state index contributed by atoms with van der Waals surface area (Å²) in [5.41, 5.74) is -0.655. The molecule has 0 fully saturated rings. The smallest absolute Gasteiger partial charge is 0.331 e. The molecule has 0 aromatic carbocycles. The van der Waals surface area contributed by atoms with Crippen molar-refractivity contribution in [3.05, 3.63) is 27.0 Å². The summed E-state index contributed by atoms with van der Waals surface area (Å²) < 4.78 is 7.75. The summed E-state index contributed by atoms with van der Waals surface area (Å²) >= 11 is 0. The topological polar surface area (TPSA) is 102 Å². The Bertz CT molecular complexity index is 638. The summed E-state index contributed by atoms with van der Waals surface area (Å²) in [5, 5.41) is 12.8. The minimum absolute atomic E-state index is 0.0494. The highest BCUT2D eigenvalue weighted by Gasteiger charge is 2.11. The van der Waals surface area contributed by atoms with Gasteiger partial charge in [-0.1, -0.05) is 0 Å². The Balaban J connectivity index is 2.56. The third kappa shape index (κ3) is 1.99. The molecule has 0 aliphatic rings. The molecule has 2 N–H and O–H groups in total. The first-order valence-electron chi connectivity index (χ1n) is 4.98. The van der Waals surface area contributed by atoms with E-state index < -0.39 is 11.2 Å². The van der Waals surface area contributed by atoms with Crippen LogP contribution in [0.15, 0.2) is 15.8 Å². The molecule has 2 heterocycles. The third-order valence-electron chi connectivity index (χ3n) is 2.33. The van der Waals surface area contributed by atoms with E-state index in [0.717, 1.165) is 0 Å². The maximum atomic E-state index is 11.6. The molecule has 0 amide bonds. The average Bonchev–Trinajstić information content (AvgIpc) is 2.66. The number of fused-ring (bicyclic) bond motifs is 1. The van der Waals surface area contributed by atoms with Gasteiger partial charge in [-0.15, -0.1) is 0 Å². The minimum Gasteiger partial charge on any atom is -0.394 e. The molecule has 8 nitrogen and oxygen atoms in total. The van der Waals surface area contributed by atoms with Crippen LogP contribution in [-0.2, 0) is 18.5 Å². The van der Waals surface area contributed by atoms with Crippen LogP contribution in [0.5, 0.6) is 0 Å². The van der Waals surface area contributed by atoms with Crippen molar-refractivity contribution < 1.29 is 9.84 Å². The van der Waals surface area contributed by atoms with Crippen molar-refractivity contribution in [1.82, 2.24) is 19.3 Å². The molecule has 17 heavy (non-hydrogen) atoms. The van der Waals surface area contributed by atoms with Gasteiger partial charge in [0, 0.05) is 7.05 Å². The van der Waals surface area contributed by atoms with Gasteiger partial charge in [0.15, 0.2) is 0 Å². The van der Waals surface area contributed by atoms with Gasteiger partial charge in [0.25, 0.3) is 5.56 Å². The van der Waals surface area contributed by atoms with Crippen LogP contribution in [0.3, 0.4) is 0 Å². The number of aryl methyl sites for hydroxylation is 1. The SMILES string of the molecule is Cn1ncc2c(=O)[nH]c(=O)n(COCCO)c21. The fraction of sp³-hybridized carbons (Fsp3) is 0.444. The van der Waals surface area contributed by atoms with Gasteiger partial charge in [-0.2, -0.15) is 5.10 Å². The molecular weight excluding hydrogens is 228 g/mol. The third-order valence-corrected chi connectivity index (χ3v) is 2.33. The normalized spacial score (nSPS) is 11.2. The van der Waals surface area contributed by atoms with E-state index in [1.165, 1.54) is 15.4 Å². The van der Waals surface area contributed by atoms with Crippen molar-refractivity contribution in [3.8, 4) is 0 Å². The number of aromatic nitrogens is 4. The van der Waals surface area contributed by atoms with Gasteiger partial charge in [-0.05, 0) is 0 Å². The maximum absolute atomic E-state index is 11.6. The molecular formula is C9H12N4O4. The molecule has 8 heteroatoms. The van der Waals surface area contributed by atoms with E-state index in [1.54, 1.807) is 7.05 Å². The Labute approximate surface area is 95.1 Å². The molecule has 0 bridgehead atoms. The van der Waals surface area contributed by atoms with Crippen LogP contribution in [0.2, 0.25) is 0 Å². The number of aliphatic hydroxyl groups excluding tert-OH is 1. The van der Waals surface area contributed by atoms with Gasteiger partial charge in [0.1, 0.15) is 17.8 Å². The number of hydrogen-bond acceptors (Lipinski definition) is 5. The van der Waals surface area contributed by atoms with Crippen LogP contribution in [-0.4, -0.2) is 37.7 Å². The molecule has 2 aromatic rings. The predicted molar refractivity (Wildman–Crippen MR) is 58.6 cm³/mol. The van der Waals surface area contributed by atoms with E-state index in [9.17, 15) is 9.59 Å². The zero-order chi connectivity index (χ0) is 12.4. The quantitative estimate of drug-likeness (QED) is 0.626. The van der Waals surface area contributed by atoms with Crippen molar-refractivity contribution in [3.63, 3.8) is 0 Å². The second-order valence-electron chi connectivity index (χ2n) is 3.45. The molecule has 0 radical (unpaired) electrons. The largest absolute Gasteiger partial charge is 0.394 e. The number of hydrogen-bond donors (Lipinski definition) is 2. The van der Waals surface area contributed by atoms with Crippen molar-refractivity contribution in [2.75, 3.05) is 13.2 Å². The number of H-pyrrole nitrogens is 1. The summed E-state index contributed by atoms with van der Waals surface area (Å²) in [6.45, 7) is -0.0657. The highest BCUT2D eigenvalue weighted by molar-refractivity contribution is 5.73. The number of nitrogens with zero attached hydrogens (tertiary/aromatic N) is 3. The van der Waals surface area contributed by atoms with E-state index in [-0.39, 0.29) is 19.9 Å². The zero-order valence-electron chi connectivity index (χ0n) is 9.21. The molecule has 0 saturated carbocycles. The first-order valence-corrected chi connectivity index (χ1v) is 4.98. The number of nitrogens with one attached hydrogen (secondary N) is 1. The fourth-order valence-corrected chi connectivity index (χ4v) is 1.58. The second-order valence-corrected chi connectivity index (χ2v) is 3.45. The Morgan fingerprint density at radius 2 is 2.29 bits per heavy atom. The second kappa shape index (κ2) is 4.52. The Morgan fingerprint density at radius 1 is 1.53 bits per heavy atom.